The van der Waals surface area contributed by atoms with Crippen LogP contribution < -0.4 is 11.1 Å². The number of rotatable bonds is 4. The zero-order valence-corrected chi connectivity index (χ0v) is 11.8. The van der Waals surface area contributed by atoms with Crippen LogP contribution >= 0.6 is 11.3 Å². The molecular formula is C14H24N2S. The first kappa shape index (κ1) is 13.1. The summed E-state index contributed by atoms with van der Waals surface area (Å²) in [4.78, 5) is 2.86. The van der Waals surface area contributed by atoms with Crippen molar-refractivity contribution in [2.75, 3.05) is 6.54 Å². The standard InChI is InChI=1S/C14H24N2S/c1-11-8-13(17-12(11)2)9-16-10-14(15)6-4-3-5-7-14/h8,16H,3-7,9-10,15H2,1-2H3. The van der Waals surface area contributed by atoms with Gasteiger partial charge in [0, 0.05) is 28.4 Å². The predicted octanol–water partition coefficient (Wildman–Crippen LogP) is 3.12. The van der Waals surface area contributed by atoms with Crippen molar-refractivity contribution < 1.29 is 0 Å². The van der Waals surface area contributed by atoms with Gasteiger partial charge in [-0.15, -0.1) is 11.3 Å². The number of thiophene rings is 1. The van der Waals surface area contributed by atoms with E-state index in [1.54, 1.807) is 0 Å². The van der Waals surface area contributed by atoms with Crippen molar-refractivity contribution in [2.24, 2.45) is 5.73 Å². The van der Waals surface area contributed by atoms with E-state index in [0.29, 0.717) is 0 Å². The molecular weight excluding hydrogens is 228 g/mol. The highest BCUT2D eigenvalue weighted by Crippen LogP contribution is 2.25. The molecule has 0 bridgehead atoms. The van der Waals surface area contributed by atoms with Gasteiger partial charge in [-0.2, -0.15) is 0 Å². The van der Waals surface area contributed by atoms with E-state index in [2.05, 4.69) is 25.2 Å². The second-order valence-electron chi connectivity index (χ2n) is 5.48. The molecule has 96 valence electrons. The molecule has 0 unspecified atom stereocenters. The van der Waals surface area contributed by atoms with Gasteiger partial charge in [-0.1, -0.05) is 19.3 Å². The Morgan fingerprint density at radius 2 is 2.00 bits per heavy atom. The van der Waals surface area contributed by atoms with Gasteiger partial charge in [-0.25, -0.2) is 0 Å². The van der Waals surface area contributed by atoms with Gasteiger partial charge in [0.2, 0.25) is 0 Å². The summed E-state index contributed by atoms with van der Waals surface area (Å²) in [6.45, 7) is 6.30. The molecule has 1 aliphatic carbocycles. The van der Waals surface area contributed by atoms with Crippen LogP contribution in [0.15, 0.2) is 6.07 Å². The number of hydrogen-bond donors (Lipinski definition) is 2. The molecule has 0 aliphatic heterocycles. The lowest BCUT2D eigenvalue weighted by Gasteiger charge is -2.33. The van der Waals surface area contributed by atoms with E-state index in [1.165, 1.54) is 47.4 Å². The van der Waals surface area contributed by atoms with E-state index < -0.39 is 0 Å². The summed E-state index contributed by atoms with van der Waals surface area (Å²) in [5, 5.41) is 3.54. The second kappa shape index (κ2) is 5.51. The minimum absolute atomic E-state index is 0.0552. The van der Waals surface area contributed by atoms with Gasteiger partial charge in [0.25, 0.3) is 0 Å². The summed E-state index contributed by atoms with van der Waals surface area (Å²) in [5.41, 5.74) is 7.86. The topological polar surface area (TPSA) is 38.0 Å². The van der Waals surface area contributed by atoms with Crippen molar-refractivity contribution in [3.63, 3.8) is 0 Å². The summed E-state index contributed by atoms with van der Waals surface area (Å²) in [5.74, 6) is 0. The van der Waals surface area contributed by atoms with E-state index in [-0.39, 0.29) is 5.54 Å². The third kappa shape index (κ3) is 3.54. The number of nitrogens with one attached hydrogen (secondary N) is 1. The predicted molar refractivity (Wildman–Crippen MR) is 75.5 cm³/mol. The van der Waals surface area contributed by atoms with E-state index in [9.17, 15) is 0 Å². The number of hydrogen-bond acceptors (Lipinski definition) is 3. The first-order valence-corrected chi connectivity index (χ1v) is 7.46. The summed E-state index contributed by atoms with van der Waals surface area (Å²) in [6, 6.07) is 2.29. The van der Waals surface area contributed by atoms with Crippen molar-refractivity contribution in [2.45, 2.75) is 58.0 Å². The van der Waals surface area contributed by atoms with Gasteiger partial charge in [-0.05, 0) is 38.3 Å². The Balaban J connectivity index is 1.78. The fourth-order valence-corrected chi connectivity index (χ4v) is 3.63. The highest BCUT2D eigenvalue weighted by atomic mass is 32.1. The third-order valence-electron chi connectivity index (χ3n) is 3.84. The molecule has 0 saturated heterocycles. The molecule has 17 heavy (non-hydrogen) atoms. The van der Waals surface area contributed by atoms with Gasteiger partial charge in [0.05, 0.1) is 0 Å². The zero-order valence-electron chi connectivity index (χ0n) is 11.0. The number of nitrogens with two attached hydrogens (primary N) is 1. The Hall–Kier alpha value is -0.380. The molecule has 3 N–H and O–H groups in total. The van der Waals surface area contributed by atoms with Crippen molar-refractivity contribution in [3.05, 3.63) is 21.4 Å². The minimum atomic E-state index is 0.0552. The van der Waals surface area contributed by atoms with E-state index in [1.807, 2.05) is 11.3 Å². The van der Waals surface area contributed by atoms with Crippen LogP contribution in [0.4, 0.5) is 0 Å². The van der Waals surface area contributed by atoms with Gasteiger partial charge in [0.1, 0.15) is 0 Å². The SMILES string of the molecule is Cc1cc(CNCC2(N)CCCCC2)sc1C. The molecule has 0 amide bonds. The second-order valence-corrected chi connectivity index (χ2v) is 6.82. The normalized spacial score (nSPS) is 19.5. The molecule has 0 spiro atoms. The Bertz CT molecular complexity index is 345. The van der Waals surface area contributed by atoms with Gasteiger partial charge < -0.3 is 11.1 Å². The lowest BCUT2D eigenvalue weighted by Crippen LogP contribution is -2.49. The van der Waals surface area contributed by atoms with Crippen LogP contribution in [0.5, 0.6) is 0 Å². The van der Waals surface area contributed by atoms with Crippen LogP contribution in [0.2, 0.25) is 0 Å². The minimum Gasteiger partial charge on any atom is -0.324 e. The van der Waals surface area contributed by atoms with Crippen molar-refractivity contribution in [3.8, 4) is 0 Å². The molecule has 1 aromatic heterocycles. The Morgan fingerprint density at radius 1 is 1.29 bits per heavy atom. The van der Waals surface area contributed by atoms with Gasteiger partial charge >= 0.3 is 0 Å². The van der Waals surface area contributed by atoms with Crippen LogP contribution in [0, 0.1) is 13.8 Å². The molecule has 3 heteroatoms. The van der Waals surface area contributed by atoms with Crippen LogP contribution in [0.25, 0.3) is 0 Å². The van der Waals surface area contributed by atoms with Crippen LogP contribution in [0.1, 0.15) is 47.4 Å². The summed E-state index contributed by atoms with van der Waals surface area (Å²) in [7, 11) is 0. The molecule has 1 heterocycles. The van der Waals surface area contributed by atoms with E-state index in [4.69, 9.17) is 5.73 Å². The highest BCUT2D eigenvalue weighted by molar-refractivity contribution is 7.12. The van der Waals surface area contributed by atoms with E-state index in [0.717, 1.165) is 13.1 Å². The van der Waals surface area contributed by atoms with Gasteiger partial charge in [-0.3, -0.25) is 0 Å². The molecule has 2 rings (SSSR count). The fourth-order valence-electron chi connectivity index (χ4n) is 2.60. The third-order valence-corrected chi connectivity index (χ3v) is 5.00. The monoisotopic (exact) mass is 252 g/mol. The molecule has 1 aromatic rings. The van der Waals surface area contributed by atoms with Gasteiger partial charge in [0.15, 0.2) is 0 Å². The van der Waals surface area contributed by atoms with Crippen molar-refractivity contribution in [1.82, 2.24) is 5.32 Å². The average molecular weight is 252 g/mol. The largest absolute Gasteiger partial charge is 0.324 e. The average Bonchev–Trinajstić information content (AvgIpc) is 2.59. The van der Waals surface area contributed by atoms with E-state index >= 15 is 0 Å². The molecule has 1 saturated carbocycles. The van der Waals surface area contributed by atoms with Crippen molar-refractivity contribution in [1.29, 1.82) is 0 Å². The van der Waals surface area contributed by atoms with Crippen LogP contribution in [-0.2, 0) is 6.54 Å². The number of aryl methyl sites for hydroxylation is 2. The lowest BCUT2D eigenvalue weighted by molar-refractivity contribution is 0.283. The van der Waals surface area contributed by atoms with Crippen LogP contribution in [-0.4, -0.2) is 12.1 Å². The summed E-state index contributed by atoms with van der Waals surface area (Å²) >= 11 is 1.90. The summed E-state index contributed by atoms with van der Waals surface area (Å²) in [6.07, 6.45) is 6.33. The first-order chi connectivity index (χ1) is 8.09. The Labute approximate surface area is 109 Å². The maximum absolute atomic E-state index is 6.40. The Kier molecular flexibility index (Phi) is 4.23. The van der Waals surface area contributed by atoms with Crippen LogP contribution in [0.3, 0.4) is 0 Å². The maximum Gasteiger partial charge on any atom is 0.0300 e. The molecule has 1 aliphatic rings. The molecule has 0 aromatic carbocycles. The smallest absolute Gasteiger partial charge is 0.0300 e. The fraction of sp³-hybridized carbons (Fsp3) is 0.714. The highest BCUT2D eigenvalue weighted by Gasteiger charge is 2.26. The summed E-state index contributed by atoms with van der Waals surface area (Å²) < 4.78 is 0. The molecule has 2 nitrogen and oxygen atoms in total. The zero-order chi connectivity index (χ0) is 12.3. The molecule has 0 radical (unpaired) electrons. The lowest BCUT2D eigenvalue weighted by atomic mass is 9.82. The first-order valence-electron chi connectivity index (χ1n) is 6.65. The molecule has 0 atom stereocenters. The quantitative estimate of drug-likeness (QED) is 0.864. The Morgan fingerprint density at radius 3 is 2.59 bits per heavy atom. The maximum atomic E-state index is 6.40. The van der Waals surface area contributed by atoms with Crippen molar-refractivity contribution >= 4 is 11.3 Å². The molecule has 1 fully saturated rings.